The van der Waals surface area contributed by atoms with E-state index in [4.69, 9.17) is 23.2 Å². The summed E-state index contributed by atoms with van der Waals surface area (Å²) in [6.07, 6.45) is 1.52. The number of rotatable bonds is 3. The van der Waals surface area contributed by atoms with Gasteiger partial charge in [0.15, 0.2) is 0 Å². The number of hydrogen-bond acceptors (Lipinski definition) is 4. The summed E-state index contributed by atoms with van der Waals surface area (Å²) >= 11 is 4.79. The minimum absolute atomic E-state index is 0.0742. The Morgan fingerprint density at radius 1 is 1.47 bits per heavy atom. The van der Waals surface area contributed by atoms with Crippen molar-refractivity contribution in [2.24, 2.45) is 5.73 Å². The minimum atomic E-state index is 0.0742. The zero-order valence-electron chi connectivity index (χ0n) is 10.3. The molecule has 2 aromatic rings. The number of thiocarbonyl (C=S) groups is 1. The molecule has 0 amide bonds. The van der Waals surface area contributed by atoms with E-state index in [-0.39, 0.29) is 10.6 Å². The lowest BCUT2D eigenvalue weighted by Crippen LogP contribution is -2.11. The highest BCUT2D eigenvalue weighted by molar-refractivity contribution is 7.80. The first kappa shape index (κ1) is 13.0. The van der Waals surface area contributed by atoms with Crippen molar-refractivity contribution in [1.29, 1.82) is 5.26 Å². The zero-order chi connectivity index (χ0) is 13.8. The number of nitriles is 1. The maximum absolute atomic E-state index is 8.90. The van der Waals surface area contributed by atoms with Gasteiger partial charge in [-0.2, -0.15) is 5.26 Å². The molecule has 0 radical (unpaired) electrons. The van der Waals surface area contributed by atoms with Crippen molar-refractivity contribution in [2.45, 2.75) is 6.92 Å². The number of hydrogen-bond donors (Lipinski definition) is 2. The first-order valence-corrected chi connectivity index (χ1v) is 6.05. The third-order valence-corrected chi connectivity index (χ3v) is 2.82. The number of anilines is 1. The summed E-state index contributed by atoms with van der Waals surface area (Å²) in [5.41, 5.74) is 8.34. The Morgan fingerprint density at radius 3 is 2.89 bits per heavy atom. The van der Waals surface area contributed by atoms with E-state index in [2.05, 4.69) is 10.3 Å². The van der Waals surface area contributed by atoms with Crippen LogP contribution in [0.5, 0.6) is 0 Å². The van der Waals surface area contributed by atoms with Crippen molar-refractivity contribution < 1.29 is 0 Å². The molecule has 0 fully saturated rings. The number of para-hydroxylation sites is 1. The highest BCUT2D eigenvalue weighted by Gasteiger charge is 2.03. The van der Waals surface area contributed by atoms with Gasteiger partial charge in [0.2, 0.25) is 0 Å². The van der Waals surface area contributed by atoms with Crippen molar-refractivity contribution in [1.82, 2.24) is 4.98 Å². The molecule has 0 bridgehead atoms. The standard InChI is InChI=1S/C14H12N4S/c1-9-6-13(17-8-10(7-15)14(16)19)11-4-2-3-5-12(11)18-9/h2-6,8H,1H3,(H2,16,19)(H,17,18)/b10-8-. The fraction of sp³-hybridized carbons (Fsp3) is 0.0714. The fourth-order valence-electron chi connectivity index (χ4n) is 1.74. The molecule has 0 aliphatic heterocycles. The van der Waals surface area contributed by atoms with E-state index in [0.29, 0.717) is 0 Å². The molecular weight excluding hydrogens is 256 g/mol. The molecule has 0 spiro atoms. The highest BCUT2D eigenvalue weighted by atomic mass is 32.1. The van der Waals surface area contributed by atoms with Crippen LogP contribution in [0.15, 0.2) is 42.1 Å². The van der Waals surface area contributed by atoms with E-state index in [9.17, 15) is 0 Å². The average Bonchev–Trinajstić information content (AvgIpc) is 2.38. The first-order chi connectivity index (χ1) is 9.11. The van der Waals surface area contributed by atoms with Crippen molar-refractivity contribution in [3.05, 3.63) is 47.8 Å². The quantitative estimate of drug-likeness (QED) is 0.508. The van der Waals surface area contributed by atoms with E-state index in [0.717, 1.165) is 22.3 Å². The molecule has 94 valence electrons. The lowest BCUT2D eigenvalue weighted by molar-refractivity contribution is 1.25. The number of pyridine rings is 1. The number of aryl methyl sites for hydroxylation is 1. The maximum atomic E-state index is 8.90. The van der Waals surface area contributed by atoms with Crippen LogP contribution in [-0.2, 0) is 0 Å². The molecule has 0 aliphatic rings. The topological polar surface area (TPSA) is 74.7 Å². The molecule has 1 aromatic heterocycles. The maximum Gasteiger partial charge on any atom is 0.116 e. The lowest BCUT2D eigenvalue weighted by Gasteiger charge is -2.07. The van der Waals surface area contributed by atoms with Crippen LogP contribution in [-0.4, -0.2) is 9.97 Å². The number of benzene rings is 1. The Hall–Kier alpha value is -2.45. The van der Waals surface area contributed by atoms with Gasteiger partial charge >= 0.3 is 0 Å². The monoisotopic (exact) mass is 268 g/mol. The summed E-state index contributed by atoms with van der Waals surface area (Å²) in [5.74, 6) is 0. The van der Waals surface area contributed by atoms with Gasteiger partial charge in [0, 0.05) is 23.0 Å². The molecule has 19 heavy (non-hydrogen) atoms. The van der Waals surface area contributed by atoms with Gasteiger partial charge in [-0.05, 0) is 19.1 Å². The van der Waals surface area contributed by atoms with Crippen LogP contribution in [0.25, 0.3) is 10.9 Å². The number of nitrogens with two attached hydrogens (primary N) is 1. The lowest BCUT2D eigenvalue weighted by atomic mass is 10.1. The van der Waals surface area contributed by atoms with Crippen molar-refractivity contribution in [3.8, 4) is 6.07 Å². The molecule has 0 unspecified atom stereocenters. The predicted molar refractivity (Wildman–Crippen MR) is 80.6 cm³/mol. The van der Waals surface area contributed by atoms with Gasteiger partial charge in [-0.15, -0.1) is 0 Å². The van der Waals surface area contributed by atoms with Crippen molar-refractivity contribution in [3.63, 3.8) is 0 Å². The van der Waals surface area contributed by atoms with Crippen LogP contribution in [0.2, 0.25) is 0 Å². The molecule has 5 heteroatoms. The third-order valence-electron chi connectivity index (χ3n) is 2.60. The Balaban J connectivity index is 2.46. The summed E-state index contributed by atoms with van der Waals surface area (Å²) in [6.45, 7) is 1.92. The molecule has 0 saturated carbocycles. The van der Waals surface area contributed by atoms with E-state index >= 15 is 0 Å². The van der Waals surface area contributed by atoms with Crippen LogP contribution in [0.3, 0.4) is 0 Å². The highest BCUT2D eigenvalue weighted by Crippen LogP contribution is 2.23. The second kappa shape index (κ2) is 5.46. The SMILES string of the molecule is Cc1cc(N/C=C(/C#N)C(N)=S)c2ccccc2n1. The Morgan fingerprint density at radius 2 is 2.21 bits per heavy atom. The Kier molecular flexibility index (Phi) is 3.74. The Labute approximate surface area is 116 Å². The van der Waals surface area contributed by atoms with Crippen LogP contribution in [0.1, 0.15) is 5.69 Å². The average molecular weight is 268 g/mol. The molecule has 1 aromatic carbocycles. The minimum Gasteiger partial charge on any atom is -0.389 e. The molecule has 2 rings (SSSR count). The van der Waals surface area contributed by atoms with Crippen molar-refractivity contribution >= 4 is 33.8 Å². The van der Waals surface area contributed by atoms with Gasteiger partial charge in [-0.25, -0.2) is 0 Å². The van der Waals surface area contributed by atoms with E-state index in [1.165, 1.54) is 6.20 Å². The summed E-state index contributed by atoms with van der Waals surface area (Å²) < 4.78 is 0. The second-order valence-electron chi connectivity index (χ2n) is 4.01. The van der Waals surface area contributed by atoms with E-state index in [1.54, 1.807) is 0 Å². The van der Waals surface area contributed by atoms with Gasteiger partial charge in [-0.1, -0.05) is 30.4 Å². The molecule has 1 heterocycles. The van der Waals surface area contributed by atoms with Gasteiger partial charge in [0.05, 0.1) is 5.52 Å². The normalized spacial score (nSPS) is 11.1. The zero-order valence-corrected chi connectivity index (χ0v) is 11.2. The fourth-order valence-corrected chi connectivity index (χ4v) is 1.84. The summed E-state index contributed by atoms with van der Waals surface area (Å²) in [7, 11) is 0. The molecule has 0 aliphatic carbocycles. The van der Waals surface area contributed by atoms with Gasteiger partial charge in [0.25, 0.3) is 0 Å². The molecule has 0 saturated heterocycles. The van der Waals surface area contributed by atoms with Crippen LogP contribution in [0, 0.1) is 18.3 Å². The molecule has 4 nitrogen and oxygen atoms in total. The predicted octanol–water partition coefficient (Wildman–Crippen LogP) is 2.65. The summed E-state index contributed by atoms with van der Waals surface area (Å²) in [5, 5.41) is 12.9. The van der Waals surface area contributed by atoms with Crippen LogP contribution < -0.4 is 11.1 Å². The van der Waals surface area contributed by atoms with Gasteiger partial charge < -0.3 is 11.1 Å². The van der Waals surface area contributed by atoms with E-state index < -0.39 is 0 Å². The molecule has 0 atom stereocenters. The van der Waals surface area contributed by atoms with Gasteiger partial charge in [-0.3, -0.25) is 4.98 Å². The number of nitrogens with zero attached hydrogens (tertiary/aromatic N) is 2. The van der Waals surface area contributed by atoms with Gasteiger partial charge in [0.1, 0.15) is 16.6 Å². The molecule has 3 N–H and O–H groups in total. The summed E-state index contributed by atoms with van der Waals surface area (Å²) in [4.78, 5) is 4.52. The second-order valence-corrected chi connectivity index (χ2v) is 4.45. The van der Waals surface area contributed by atoms with Crippen LogP contribution in [0.4, 0.5) is 5.69 Å². The summed E-state index contributed by atoms with van der Waals surface area (Å²) in [6, 6.07) is 11.6. The number of aromatic nitrogens is 1. The third kappa shape index (κ3) is 2.87. The number of nitrogens with one attached hydrogen (secondary N) is 1. The smallest absolute Gasteiger partial charge is 0.116 e. The molecular formula is C14H12N4S. The van der Waals surface area contributed by atoms with Crippen molar-refractivity contribution in [2.75, 3.05) is 5.32 Å². The van der Waals surface area contributed by atoms with Crippen LogP contribution >= 0.6 is 12.2 Å². The largest absolute Gasteiger partial charge is 0.389 e. The van der Waals surface area contributed by atoms with E-state index in [1.807, 2.05) is 43.3 Å². The number of fused-ring (bicyclic) bond motifs is 1. The Bertz CT molecular complexity index is 713. The first-order valence-electron chi connectivity index (χ1n) is 5.65.